The zero-order valence-electron chi connectivity index (χ0n) is 14.8. The van der Waals surface area contributed by atoms with Gasteiger partial charge >= 0.3 is 18.2 Å². The van der Waals surface area contributed by atoms with Crippen LogP contribution >= 0.6 is 0 Å². The molecule has 1 aliphatic heterocycles. The lowest BCUT2D eigenvalue weighted by molar-refractivity contribution is -0.142. The molecule has 4 N–H and O–H groups in total. The van der Waals surface area contributed by atoms with Gasteiger partial charge in [-0.3, -0.25) is 4.90 Å². The molecule has 0 unspecified atom stereocenters. The van der Waals surface area contributed by atoms with Crippen LogP contribution < -0.4 is 10.6 Å². The number of nitrogens with zero attached hydrogens (tertiary/aromatic N) is 1. The fourth-order valence-corrected chi connectivity index (χ4v) is 2.86. The average molecular weight is 357 g/mol. The van der Waals surface area contributed by atoms with E-state index in [-0.39, 0.29) is 19.1 Å². The van der Waals surface area contributed by atoms with Gasteiger partial charge in [-0.05, 0) is 27.2 Å². The lowest BCUT2D eigenvalue weighted by Crippen LogP contribution is -2.43. The van der Waals surface area contributed by atoms with Crippen LogP contribution in [0.3, 0.4) is 0 Å². The molecule has 0 spiro atoms. The Morgan fingerprint density at radius 2 is 1.92 bits per heavy atom. The zero-order valence-corrected chi connectivity index (χ0v) is 14.8. The van der Waals surface area contributed by atoms with Gasteiger partial charge < -0.3 is 25.6 Å². The van der Waals surface area contributed by atoms with Gasteiger partial charge in [0.25, 0.3) is 0 Å². The predicted molar refractivity (Wildman–Crippen MR) is 90.5 cm³/mol. The minimum atomic E-state index is -1.27. The minimum absolute atomic E-state index is 0.0667. The van der Waals surface area contributed by atoms with Crippen molar-refractivity contribution in [1.82, 2.24) is 15.5 Å². The first-order chi connectivity index (χ1) is 11.6. The molecule has 1 heterocycles. The van der Waals surface area contributed by atoms with Gasteiger partial charge in [0.05, 0.1) is 0 Å². The molecule has 1 fully saturated rings. The Labute approximate surface area is 147 Å². The number of carboxylic acid groups (broad SMARTS) is 2. The maximum atomic E-state index is 11.6. The lowest BCUT2D eigenvalue weighted by atomic mass is 9.92. The molecule has 2 amide bonds. The number of carbonyl (C=O) groups is 3. The zero-order chi connectivity index (χ0) is 19.2. The highest BCUT2D eigenvalue weighted by Crippen LogP contribution is 2.28. The third kappa shape index (κ3) is 6.26. The van der Waals surface area contributed by atoms with Gasteiger partial charge in [0.2, 0.25) is 0 Å². The summed E-state index contributed by atoms with van der Waals surface area (Å²) in [6.45, 7) is 9.59. The highest BCUT2D eigenvalue weighted by atomic mass is 16.6. The Morgan fingerprint density at radius 1 is 1.28 bits per heavy atom. The number of carbonyl (C=O) groups excluding carboxylic acids is 1. The molecule has 9 heteroatoms. The second-order valence-corrected chi connectivity index (χ2v) is 6.90. The van der Waals surface area contributed by atoms with Crippen molar-refractivity contribution in [3.8, 4) is 0 Å². The summed E-state index contributed by atoms with van der Waals surface area (Å²) in [5.41, 5.74) is -0.589. The Balaban J connectivity index is 2.58. The number of ether oxygens (including phenoxy) is 1. The van der Waals surface area contributed by atoms with Crippen molar-refractivity contribution in [3.05, 3.63) is 12.7 Å². The van der Waals surface area contributed by atoms with Crippen LogP contribution in [0.1, 0.15) is 27.2 Å². The summed E-state index contributed by atoms with van der Waals surface area (Å²) in [5, 5.41) is 24.3. The molecule has 0 aliphatic carbocycles. The summed E-state index contributed by atoms with van der Waals surface area (Å²) in [6.07, 6.45) is 0.147. The highest BCUT2D eigenvalue weighted by Gasteiger charge is 2.47. The molecule has 0 aromatic carbocycles. The molecule has 25 heavy (non-hydrogen) atoms. The summed E-state index contributed by atoms with van der Waals surface area (Å²) in [7, 11) is 0. The van der Waals surface area contributed by atoms with E-state index in [1.165, 1.54) is 0 Å². The van der Waals surface area contributed by atoms with Crippen LogP contribution in [-0.2, 0) is 9.53 Å². The molecule has 0 radical (unpaired) electrons. The van der Waals surface area contributed by atoms with Gasteiger partial charge in [-0.1, -0.05) is 6.08 Å². The van der Waals surface area contributed by atoms with Gasteiger partial charge in [-0.15, -0.1) is 6.58 Å². The third-order valence-electron chi connectivity index (χ3n) is 3.79. The SMILES string of the molecule is C=CC[C@@H]1[C@@H](NCCNC(=O)OC(C)(C)C)CN(C(=O)O)[C@H]1C(=O)O. The summed E-state index contributed by atoms with van der Waals surface area (Å²) in [5.74, 6) is -1.60. The molecule has 0 bridgehead atoms. The molecular formula is C16H27N3O6. The van der Waals surface area contributed by atoms with E-state index >= 15 is 0 Å². The van der Waals surface area contributed by atoms with Crippen molar-refractivity contribution < 1.29 is 29.3 Å². The number of alkyl carbamates (subject to hydrolysis) is 1. The van der Waals surface area contributed by atoms with Crippen LogP contribution in [0.2, 0.25) is 0 Å². The van der Waals surface area contributed by atoms with Crippen LogP contribution in [0, 0.1) is 5.92 Å². The van der Waals surface area contributed by atoms with Crippen molar-refractivity contribution in [3.63, 3.8) is 0 Å². The Kier molecular flexibility index (Phi) is 7.22. The second kappa shape index (κ2) is 8.70. The summed E-state index contributed by atoms with van der Waals surface area (Å²) < 4.78 is 5.11. The number of hydrogen-bond donors (Lipinski definition) is 4. The topological polar surface area (TPSA) is 128 Å². The van der Waals surface area contributed by atoms with Crippen molar-refractivity contribution in [1.29, 1.82) is 0 Å². The summed E-state index contributed by atoms with van der Waals surface area (Å²) in [4.78, 5) is 35.3. The molecule has 0 aromatic rings. The molecule has 3 atom stereocenters. The molecule has 142 valence electrons. The van der Waals surface area contributed by atoms with Crippen LogP contribution in [0.5, 0.6) is 0 Å². The van der Waals surface area contributed by atoms with Crippen molar-refractivity contribution in [2.24, 2.45) is 5.92 Å². The number of amides is 2. The Hall–Kier alpha value is -2.29. The van der Waals surface area contributed by atoms with E-state index in [2.05, 4.69) is 17.2 Å². The monoisotopic (exact) mass is 357 g/mol. The van der Waals surface area contributed by atoms with Crippen molar-refractivity contribution >= 4 is 18.2 Å². The fourth-order valence-electron chi connectivity index (χ4n) is 2.86. The third-order valence-corrected chi connectivity index (χ3v) is 3.79. The van der Waals surface area contributed by atoms with E-state index in [1.807, 2.05) is 0 Å². The standard InChI is InChI=1S/C16H27N3O6/c1-5-6-10-11(9-19(15(23)24)12(10)13(20)21)17-7-8-18-14(22)25-16(2,3)4/h5,10-12,17H,1,6-9H2,2-4H3,(H,18,22)(H,20,21)(H,23,24)/t10-,11+,12-/m1/s1. The van der Waals surface area contributed by atoms with Crippen LogP contribution in [-0.4, -0.2) is 70.6 Å². The first kappa shape index (κ1) is 20.8. The average Bonchev–Trinajstić information content (AvgIpc) is 2.81. The van der Waals surface area contributed by atoms with E-state index in [0.29, 0.717) is 13.0 Å². The number of rotatable bonds is 7. The van der Waals surface area contributed by atoms with E-state index in [0.717, 1.165) is 4.90 Å². The molecular weight excluding hydrogens is 330 g/mol. The number of likely N-dealkylation sites (tertiary alicyclic amines) is 1. The normalized spacial score (nSPS) is 23.2. The second-order valence-electron chi connectivity index (χ2n) is 6.90. The first-order valence-electron chi connectivity index (χ1n) is 8.10. The predicted octanol–water partition coefficient (Wildman–Crippen LogP) is 1.11. The van der Waals surface area contributed by atoms with Crippen molar-refractivity contribution in [2.45, 2.75) is 44.9 Å². The summed E-state index contributed by atoms with van der Waals surface area (Å²) in [6, 6.07) is -1.46. The maximum absolute atomic E-state index is 11.6. The van der Waals surface area contributed by atoms with Gasteiger partial charge in [-0.2, -0.15) is 0 Å². The lowest BCUT2D eigenvalue weighted by Gasteiger charge is -2.23. The number of aliphatic carboxylic acids is 1. The van der Waals surface area contributed by atoms with Crippen LogP contribution in [0.4, 0.5) is 9.59 Å². The number of carboxylic acids is 1. The summed E-state index contributed by atoms with van der Waals surface area (Å²) >= 11 is 0. The quantitative estimate of drug-likeness (QED) is 0.397. The largest absolute Gasteiger partial charge is 0.480 e. The molecule has 1 aliphatic rings. The van der Waals surface area contributed by atoms with E-state index in [9.17, 15) is 24.6 Å². The molecule has 1 saturated heterocycles. The number of allylic oxidation sites excluding steroid dienone is 1. The Morgan fingerprint density at radius 3 is 2.40 bits per heavy atom. The first-order valence-corrected chi connectivity index (χ1v) is 8.10. The van der Waals surface area contributed by atoms with E-state index in [4.69, 9.17) is 4.74 Å². The molecule has 9 nitrogen and oxygen atoms in total. The van der Waals surface area contributed by atoms with Crippen molar-refractivity contribution in [2.75, 3.05) is 19.6 Å². The fraction of sp³-hybridized carbons (Fsp3) is 0.688. The molecule has 0 saturated carbocycles. The molecule has 0 aromatic heterocycles. The van der Waals surface area contributed by atoms with Gasteiger partial charge in [-0.25, -0.2) is 14.4 Å². The van der Waals surface area contributed by atoms with Gasteiger partial charge in [0, 0.05) is 31.6 Å². The van der Waals surface area contributed by atoms with Crippen LogP contribution in [0.15, 0.2) is 12.7 Å². The highest BCUT2D eigenvalue weighted by molar-refractivity contribution is 5.80. The van der Waals surface area contributed by atoms with E-state index in [1.54, 1.807) is 26.8 Å². The smallest absolute Gasteiger partial charge is 0.408 e. The van der Waals surface area contributed by atoms with Gasteiger partial charge in [0.1, 0.15) is 11.6 Å². The minimum Gasteiger partial charge on any atom is -0.480 e. The van der Waals surface area contributed by atoms with Crippen LogP contribution in [0.25, 0.3) is 0 Å². The molecule has 1 rings (SSSR count). The number of hydrogen-bond acceptors (Lipinski definition) is 5. The number of nitrogens with one attached hydrogen (secondary N) is 2. The maximum Gasteiger partial charge on any atom is 0.408 e. The van der Waals surface area contributed by atoms with Gasteiger partial charge in [0.15, 0.2) is 0 Å². The van der Waals surface area contributed by atoms with E-state index < -0.39 is 35.7 Å². The Bertz CT molecular complexity index is 516.